The lowest BCUT2D eigenvalue weighted by Crippen LogP contribution is -2.30. The number of benzene rings is 1. The van der Waals surface area contributed by atoms with Crippen LogP contribution in [0.5, 0.6) is 0 Å². The lowest BCUT2D eigenvalue weighted by atomic mass is 10.1. The van der Waals surface area contributed by atoms with Crippen LogP contribution < -0.4 is 4.90 Å². The molecule has 0 spiro atoms. The fourth-order valence-corrected chi connectivity index (χ4v) is 2.94. The first-order chi connectivity index (χ1) is 11.0. The highest BCUT2D eigenvalue weighted by atomic mass is 16.4. The van der Waals surface area contributed by atoms with Crippen molar-refractivity contribution in [2.75, 3.05) is 32.1 Å². The summed E-state index contributed by atoms with van der Waals surface area (Å²) < 4.78 is 0. The van der Waals surface area contributed by atoms with Gasteiger partial charge in [-0.25, -0.2) is 4.98 Å². The fraction of sp³-hybridized carbons (Fsp3) is 0.353. The minimum absolute atomic E-state index is 0.206. The van der Waals surface area contributed by atoms with E-state index >= 15 is 0 Å². The van der Waals surface area contributed by atoms with Gasteiger partial charge in [-0.3, -0.25) is 9.59 Å². The van der Waals surface area contributed by atoms with Gasteiger partial charge in [0, 0.05) is 38.3 Å². The minimum atomic E-state index is -0.847. The van der Waals surface area contributed by atoms with Gasteiger partial charge in [0.15, 0.2) is 0 Å². The SMILES string of the molecule is CN(C)c1cc(C(=O)N2CCC(C(=O)O)C2)nc2ccccc12. The van der Waals surface area contributed by atoms with E-state index in [0.29, 0.717) is 18.7 Å². The number of rotatable bonds is 3. The van der Waals surface area contributed by atoms with Gasteiger partial charge in [0.1, 0.15) is 5.69 Å². The van der Waals surface area contributed by atoms with Crippen molar-refractivity contribution in [3.05, 3.63) is 36.0 Å². The molecule has 3 rings (SSSR count). The van der Waals surface area contributed by atoms with E-state index in [0.717, 1.165) is 16.6 Å². The summed E-state index contributed by atoms with van der Waals surface area (Å²) in [6, 6.07) is 9.46. The lowest BCUT2D eigenvalue weighted by molar-refractivity contribution is -0.141. The van der Waals surface area contributed by atoms with Crippen molar-refractivity contribution in [3.63, 3.8) is 0 Å². The van der Waals surface area contributed by atoms with Crippen molar-refractivity contribution in [2.24, 2.45) is 5.92 Å². The van der Waals surface area contributed by atoms with E-state index in [1.54, 1.807) is 11.0 Å². The van der Waals surface area contributed by atoms with E-state index in [-0.39, 0.29) is 12.5 Å². The molecule has 1 aliphatic rings. The number of hydrogen-bond donors (Lipinski definition) is 1. The van der Waals surface area contributed by atoms with Crippen LogP contribution in [0.1, 0.15) is 16.9 Å². The number of para-hydroxylation sites is 1. The van der Waals surface area contributed by atoms with Gasteiger partial charge in [-0.2, -0.15) is 0 Å². The Morgan fingerprint density at radius 3 is 2.70 bits per heavy atom. The Balaban J connectivity index is 1.97. The topological polar surface area (TPSA) is 73.7 Å². The normalized spacial score (nSPS) is 17.5. The van der Waals surface area contributed by atoms with Crippen LogP contribution in [0.15, 0.2) is 30.3 Å². The van der Waals surface area contributed by atoms with E-state index < -0.39 is 11.9 Å². The summed E-state index contributed by atoms with van der Waals surface area (Å²) in [5.74, 6) is -1.53. The second-order valence-electron chi connectivity index (χ2n) is 6.01. The van der Waals surface area contributed by atoms with Crippen LogP contribution in [-0.2, 0) is 4.79 Å². The Kier molecular flexibility index (Phi) is 3.90. The Hall–Kier alpha value is -2.63. The van der Waals surface area contributed by atoms with Crippen molar-refractivity contribution in [1.29, 1.82) is 0 Å². The zero-order valence-electron chi connectivity index (χ0n) is 13.2. The maximum atomic E-state index is 12.7. The second kappa shape index (κ2) is 5.87. The number of likely N-dealkylation sites (tertiary alicyclic amines) is 1. The second-order valence-corrected chi connectivity index (χ2v) is 6.01. The molecule has 120 valence electrons. The molecule has 2 heterocycles. The average Bonchev–Trinajstić information content (AvgIpc) is 3.03. The number of amides is 1. The zero-order valence-corrected chi connectivity index (χ0v) is 13.2. The smallest absolute Gasteiger partial charge is 0.308 e. The summed E-state index contributed by atoms with van der Waals surface area (Å²) in [5.41, 5.74) is 2.04. The summed E-state index contributed by atoms with van der Waals surface area (Å²) >= 11 is 0. The predicted molar refractivity (Wildman–Crippen MR) is 87.7 cm³/mol. The fourth-order valence-electron chi connectivity index (χ4n) is 2.94. The molecule has 1 saturated heterocycles. The molecule has 2 aromatic rings. The molecule has 1 unspecified atom stereocenters. The summed E-state index contributed by atoms with van der Waals surface area (Å²) in [6.07, 6.45) is 0.495. The van der Waals surface area contributed by atoms with Gasteiger partial charge in [-0.15, -0.1) is 0 Å². The number of carboxylic acid groups (broad SMARTS) is 1. The van der Waals surface area contributed by atoms with Crippen LogP contribution in [-0.4, -0.2) is 54.1 Å². The number of pyridine rings is 1. The molecular weight excluding hydrogens is 294 g/mol. The Labute approximate surface area is 134 Å². The van der Waals surface area contributed by atoms with E-state index in [2.05, 4.69) is 4.98 Å². The van der Waals surface area contributed by atoms with E-state index in [4.69, 9.17) is 5.11 Å². The van der Waals surface area contributed by atoms with E-state index in [9.17, 15) is 9.59 Å². The van der Waals surface area contributed by atoms with Crippen molar-refractivity contribution in [1.82, 2.24) is 9.88 Å². The lowest BCUT2D eigenvalue weighted by Gasteiger charge is -2.19. The number of anilines is 1. The molecule has 0 aliphatic carbocycles. The standard InChI is InChI=1S/C17H19N3O3/c1-19(2)15-9-14(18-13-6-4-3-5-12(13)15)16(21)20-8-7-11(10-20)17(22)23/h3-6,9,11H,7-8,10H2,1-2H3,(H,22,23). The van der Waals surface area contributed by atoms with Gasteiger partial charge in [0.05, 0.1) is 11.4 Å². The Morgan fingerprint density at radius 1 is 1.30 bits per heavy atom. The monoisotopic (exact) mass is 313 g/mol. The number of carbonyl (C=O) groups excluding carboxylic acids is 1. The van der Waals surface area contributed by atoms with Gasteiger partial charge in [-0.05, 0) is 18.6 Å². The Bertz CT molecular complexity index is 773. The van der Waals surface area contributed by atoms with Gasteiger partial charge >= 0.3 is 5.97 Å². The predicted octanol–water partition coefficient (Wildman–Crippen LogP) is 1.85. The maximum absolute atomic E-state index is 12.7. The first-order valence-corrected chi connectivity index (χ1v) is 7.56. The van der Waals surface area contributed by atoms with Crippen LogP contribution >= 0.6 is 0 Å². The molecule has 1 fully saturated rings. The Morgan fingerprint density at radius 2 is 2.04 bits per heavy atom. The van der Waals surface area contributed by atoms with E-state index in [1.165, 1.54) is 0 Å². The van der Waals surface area contributed by atoms with Crippen LogP contribution in [0.3, 0.4) is 0 Å². The average molecular weight is 313 g/mol. The number of nitrogens with zero attached hydrogens (tertiary/aromatic N) is 3. The zero-order chi connectivity index (χ0) is 16.6. The number of carbonyl (C=O) groups is 2. The number of aromatic nitrogens is 1. The largest absolute Gasteiger partial charge is 0.481 e. The highest BCUT2D eigenvalue weighted by molar-refractivity contribution is 6.00. The summed E-state index contributed by atoms with van der Waals surface area (Å²) in [5, 5.41) is 10.1. The van der Waals surface area contributed by atoms with Gasteiger partial charge in [0.2, 0.25) is 0 Å². The first-order valence-electron chi connectivity index (χ1n) is 7.56. The molecule has 23 heavy (non-hydrogen) atoms. The van der Waals surface area contributed by atoms with Crippen LogP contribution in [0, 0.1) is 5.92 Å². The van der Waals surface area contributed by atoms with Crippen molar-refractivity contribution in [3.8, 4) is 0 Å². The number of hydrogen-bond acceptors (Lipinski definition) is 4. The van der Waals surface area contributed by atoms with Gasteiger partial charge in [0.25, 0.3) is 5.91 Å². The van der Waals surface area contributed by atoms with Crippen LogP contribution in [0.4, 0.5) is 5.69 Å². The molecular formula is C17H19N3O3. The van der Waals surface area contributed by atoms with Crippen molar-refractivity contribution in [2.45, 2.75) is 6.42 Å². The quantitative estimate of drug-likeness (QED) is 0.936. The maximum Gasteiger partial charge on any atom is 0.308 e. The molecule has 1 atom stereocenters. The number of carboxylic acids is 1. The third-order valence-electron chi connectivity index (χ3n) is 4.22. The molecule has 0 radical (unpaired) electrons. The van der Waals surface area contributed by atoms with Crippen LogP contribution in [0.2, 0.25) is 0 Å². The van der Waals surface area contributed by atoms with Gasteiger partial charge in [-0.1, -0.05) is 18.2 Å². The highest BCUT2D eigenvalue weighted by Crippen LogP contribution is 2.27. The van der Waals surface area contributed by atoms with E-state index in [1.807, 2.05) is 43.3 Å². The highest BCUT2D eigenvalue weighted by Gasteiger charge is 2.32. The third-order valence-corrected chi connectivity index (χ3v) is 4.22. The molecule has 0 bridgehead atoms. The molecule has 1 amide bonds. The summed E-state index contributed by atoms with van der Waals surface area (Å²) in [6.45, 7) is 0.710. The number of fused-ring (bicyclic) bond motifs is 1. The summed E-state index contributed by atoms with van der Waals surface area (Å²) in [4.78, 5) is 31.7. The molecule has 6 nitrogen and oxygen atoms in total. The summed E-state index contributed by atoms with van der Waals surface area (Å²) in [7, 11) is 3.85. The first kappa shape index (κ1) is 15.3. The van der Waals surface area contributed by atoms with Crippen LogP contribution in [0.25, 0.3) is 10.9 Å². The van der Waals surface area contributed by atoms with Crippen molar-refractivity contribution < 1.29 is 14.7 Å². The molecule has 1 aromatic carbocycles. The number of aliphatic carboxylic acids is 1. The third kappa shape index (κ3) is 2.84. The molecule has 1 N–H and O–H groups in total. The van der Waals surface area contributed by atoms with Crippen molar-refractivity contribution >= 4 is 28.5 Å². The molecule has 1 aromatic heterocycles. The molecule has 0 saturated carbocycles. The van der Waals surface area contributed by atoms with Gasteiger partial charge < -0.3 is 14.9 Å². The minimum Gasteiger partial charge on any atom is -0.481 e. The molecule has 6 heteroatoms. The molecule has 1 aliphatic heterocycles.